The van der Waals surface area contributed by atoms with Gasteiger partial charge in [0.05, 0.1) is 12.0 Å². The van der Waals surface area contributed by atoms with Crippen molar-refractivity contribution in [2.75, 3.05) is 0 Å². The average Bonchev–Trinajstić information content (AvgIpc) is 2.78. The summed E-state index contributed by atoms with van der Waals surface area (Å²) >= 11 is 1.67. The van der Waals surface area contributed by atoms with Gasteiger partial charge in [0, 0.05) is 17.8 Å². The van der Waals surface area contributed by atoms with Gasteiger partial charge in [-0.3, -0.25) is 0 Å². The van der Waals surface area contributed by atoms with Gasteiger partial charge in [0.25, 0.3) is 0 Å². The van der Waals surface area contributed by atoms with Crippen molar-refractivity contribution in [3.05, 3.63) is 47.0 Å². The molecule has 0 aliphatic rings. The van der Waals surface area contributed by atoms with Crippen LogP contribution in [-0.4, -0.2) is 4.98 Å². The summed E-state index contributed by atoms with van der Waals surface area (Å²) in [6, 6.07) is 5.94. The van der Waals surface area contributed by atoms with Crippen LogP contribution >= 0.6 is 11.8 Å². The number of pyridine rings is 1. The van der Waals surface area contributed by atoms with Crippen molar-refractivity contribution < 1.29 is 4.42 Å². The Morgan fingerprint density at radius 1 is 1.41 bits per heavy atom. The number of aromatic nitrogens is 1. The Kier molecular flexibility index (Phi) is 3.86. The fraction of sp³-hybridized carbons (Fsp3) is 0.308. The summed E-state index contributed by atoms with van der Waals surface area (Å²) < 4.78 is 5.31. The minimum absolute atomic E-state index is 0.527. The summed E-state index contributed by atoms with van der Waals surface area (Å²) in [6.45, 7) is 4.61. The number of furan rings is 1. The van der Waals surface area contributed by atoms with Gasteiger partial charge in [-0.1, -0.05) is 11.8 Å². The minimum atomic E-state index is 0.527. The van der Waals surface area contributed by atoms with Gasteiger partial charge in [0.15, 0.2) is 0 Å². The molecule has 0 saturated carbocycles. The van der Waals surface area contributed by atoms with Crippen LogP contribution in [0.2, 0.25) is 0 Å². The zero-order valence-electron chi connectivity index (χ0n) is 10.1. The van der Waals surface area contributed by atoms with Crippen molar-refractivity contribution in [2.24, 2.45) is 5.73 Å². The number of aryl methyl sites for hydroxylation is 2. The second-order valence-corrected chi connectivity index (χ2v) is 4.90. The van der Waals surface area contributed by atoms with E-state index < -0.39 is 0 Å². The van der Waals surface area contributed by atoms with Crippen LogP contribution < -0.4 is 5.73 Å². The largest absolute Gasteiger partial charge is 0.468 e. The molecule has 0 aliphatic carbocycles. The number of nitrogens with two attached hydrogens (primary N) is 1. The lowest BCUT2D eigenvalue weighted by molar-refractivity contribution is 0.530. The molecule has 0 atom stereocenters. The molecule has 2 aromatic heterocycles. The van der Waals surface area contributed by atoms with E-state index in [2.05, 4.69) is 18.0 Å². The number of thioether (sulfide) groups is 1. The zero-order valence-corrected chi connectivity index (χ0v) is 10.9. The number of hydrogen-bond donors (Lipinski definition) is 1. The van der Waals surface area contributed by atoms with E-state index in [1.165, 1.54) is 5.56 Å². The van der Waals surface area contributed by atoms with E-state index >= 15 is 0 Å². The summed E-state index contributed by atoms with van der Waals surface area (Å²) in [5.74, 6) is 1.74. The van der Waals surface area contributed by atoms with E-state index in [0.717, 1.165) is 27.8 Å². The smallest absolute Gasteiger partial charge is 0.114 e. The molecule has 17 heavy (non-hydrogen) atoms. The van der Waals surface area contributed by atoms with Crippen molar-refractivity contribution in [3.8, 4) is 0 Å². The second-order valence-electron chi connectivity index (χ2n) is 3.94. The Bertz CT molecular complexity index is 494. The molecule has 0 saturated heterocycles. The maximum Gasteiger partial charge on any atom is 0.114 e. The summed E-state index contributed by atoms with van der Waals surface area (Å²) in [4.78, 5) is 4.55. The lowest BCUT2D eigenvalue weighted by Gasteiger charge is -2.10. The van der Waals surface area contributed by atoms with Crippen molar-refractivity contribution in [1.29, 1.82) is 0 Å². The quantitative estimate of drug-likeness (QED) is 0.845. The van der Waals surface area contributed by atoms with Crippen molar-refractivity contribution >= 4 is 11.8 Å². The molecule has 0 aromatic carbocycles. The van der Waals surface area contributed by atoms with Crippen LogP contribution in [0, 0.1) is 13.8 Å². The first-order valence-electron chi connectivity index (χ1n) is 5.53. The lowest BCUT2D eigenvalue weighted by Crippen LogP contribution is -2.04. The van der Waals surface area contributed by atoms with Gasteiger partial charge in [-0.2, -0.15) is 0 Å². The van der Waals surface area contributed by atoms with E-state index in [1.807, 2.05) is 19.1 Å². The molecule has 0 amide bonds. The first-order valence-corrected chi connectivity index (χ1v) is 6.51. The normalized spacial score (nSPS) is 10.8. The SMILES string of the molecule is Cc1cc(C)c(CN)c(SCc2ccco2)n1. The predicted octanol–water partition coefficient (Wildman–Crippen LogP) is 3.04. The predicted molar refractivity (Wildman–Crippen MR) is 69.9 cm³/mol. The molecular weight excluding hydrogens is 232 g/mol. The molecule has 0 bridgehead atoms. The molecule has 4 heteroatoms. The molecule has 2 N–H and O–H groups in total. The third-order valence-electron chi connectivity index (χ3n) is 2.57. The number of hydrogen-bond acceptors (Lipinski definition) is 4. The second kappa shape index (κ2) is 5.38. The Labute approximate surface area is 105 Å². The first kappa shape index (κ1) is 12.2. The van der Waals surface area contributed by atoms with Crippen LogP contribution in [0.3, 0.4) is 0 Å². The third kappa shape index (κ3) is 2.90. The highest BCUT2D eigenvalue weighted by Crippen LogP contribution is 2.27. The maximum absolute atomic E-state index is 5.77. The molecule has 90 valence electrons. The molecular formula is C13H16N2OS. The standard InChI is InChI=1S/C13H16N2OS/c1-9-6-10(2)15-13(12(9)7-14)17-8-11-4-3-5-16-11/h3-6H,7-8,14H2,1-2H3. The van der Waals surface area contributed by atoms with Gasteiger partial charge in [-0.15, -0.1) is 0 Å². The van der Waals surface area contributed by atoms with Crippen molar-refractivity contribution in [1.82, 2.24) is 4.98 Å². The van der Waals surface area contributed by atoms with Gasteiger partial charge >= 0.3 is 0 Å². The summed E-state index contributed by atoms with van der Waals surface area (Å²) in [5.41, 5.74) is 9.14. The van der Waals surface area contributed by atoms with Crippen LogP contribution in [0.5, 0.6) is 0 Å². The number of rotatable bonds is 4. The maximum atomic E-state index is 5.77. The molecule has 2 aromatic rings. The summed E-state index contributed by atoms with van der Waals surface area (Å²) in [7, 11) is 0. The molecule has 0 fully saturated rings. The fourth-order valence-corrected chi connectivity index (χ4v) is 2.80. The van der Waals surface area contributed by atoms with Crippen LogP contribution in [0.25, 0.3) is 0 Å². The van der Waals surface area contributed by atoms with E-state index in [4.69, 9.17) is 10.2 Å². The molecule has 0 radical (unpaired) electrons. The Balaban J connectivity index is 2.19. The molecule has 2 rings (SSSR count). The van der Waals surface area contributed by atoms with E-state index in [1.54, 1.807) is 18.0 Å². The molecule has 0 unspecified atom stereocenters. The summed E-state index contributed by atoms with van der Waals surface area (Å²) in [6.07, 6.45) is 1.69. The first-order chi connectivity index (χ1) is 8.20. The van der Waals surface area contributed by atoms with Gasteiger partial charge in [-0.05, 0) is 37.6 Å². The Morgan fingerprint density at radius 2 is 2.24 bits per heavy atom. The molecule has 2 heterocycles. The highest BCUT2D eigenvalue weighted by Gasteiger charge is 2.09. The number of nitrogens with zero attached hydrogens (tertiary/aromatic N) is 1. The zero-order chi connectivity index (χ0) is 12.3. The van der Waals surface area contributed by atoms with Crippen LogP contribution in [0.15, 0.2) is 33.9 Å². The van der Waals surface area contributed by atoms with E-state index in [0.29, 0.717) is 6.54 Å². The molecule has 0 aliphatic heterocycles. The third-order valence-corrected chi connectivity index (χ3v) is 3.61. The minimum Gasteiger partial charge on any atom is -0.468 e. The van der Waals surface area contributed by atoms with Crippen molar-refractivity contribution in [2.45, 2.75) is 31.2 Å². The van der Waals surface area contributed by atoms with Crippen LogP contribution in [0.4, 0.5) is 0 Å². The fourth-order valence-electron chi connectivity index (χ4n) is 1.73. The van der Waals surface area contributed by atoms with Gasteiger partial charge in [0.1, 0.15) is 10.8 Å². The highest BCUT2D eigenvalue weighted by molar-refractivity contribution is 7.98. The van der Waals surface area contributed by atoms with Crippen LogP contribution in [0.1, 0.15) is 22.6 Å². The Hall–Kier alpha value is -1.26. The highest BCUT2D eigenvalue weighted by atomic mass is 32.2. The van der Waals surface area contributed by atoms with Gasteiger partial charge in [-0.25, -0.2) is 4.98 Å². The van der Waals surface area contributed by atoms with Gasteiger partial charge in [0.2, 0.25) is 0 Å². The van der Waals surface area contributed by atoms with Crippen molar-refractivity contribution in [3.63, 3.8) is 0 Å². The topological polar surface area (TPSA) is 52.0 Å². The van der Waals surface area contributed by atoms with E-state index in [9.17, 15) is 0 Å². The van der Waals surface area contributed by atoms with Crippen LogP contribution in [-0.2, 0) is 12.3 Å². The molecule has 0 spiro atoms. The lowest BCUT2D eigenvalue weighted by atomic mass is 10.1. The Morgan fingerprint density at radius 3 is 2.88 bits per heavy atom. The monoisotopic (exact) mass is 248 g/mol. The summed E-state index contributed by atoms with van der Waals surface area (Å²) in [5, 5.41) is 1.02. The van der Waals surface area contributed by atoms with Gasteiger partial charge < -0.3 is 10.2 Å². The average molecular weight is 248 g/mol. The molecule has 3 nitrogen and oxygen atoms in total. The van der Waals surface area contributed by atoms with E-state index in [-0.39, 0.29) is 0 Å².